The van der Waals surface area contributed by atoms with Crippen molar-refractivity contribution in [3.63, 3.8) is 0 Å². The first-order valence-electron chi connectivity index (χ1n) is 11.4. The van der Waals surface area contributed by atoms with Crippen molar-refractivity contribution < 1.29 is 17.7 Å². The lowest BCUT2D eigenvalue weighted by molar-refractivity contribution is -0.109. The van der Waals surface area contributed by atoms with Crippen molar-refractivity contribution in [2.75, 3.05) is 19.5 Å². The Hall–Kier alpha value is -0.130. The average Bonchev–Trinajstić information content (AvgIpc) is 2.61. The second-order valence-electron chi connectivity index (χ2n) is 11.2. The summed E-state index contributed by atoms with van der Waals surface area (Å²) in [5.74, 6) is 5.11. The Morgan fingerprint density at radius 1 is 0.857 bits per heavy atom. The van der Waals surface area contributed by atoms with Crippen molar-refractivity contribution in [3.8, 4) is 0 Å². The summed E-state index contributed by atoms with van der Waals surface area (Å²) in [5, 5.41) is 8.92. The Balaban J connectivity index is 0.000000167. The van der Waals surface area contributed by atoms with E-state index in [4.69, 9.17) is 9.29 Å². The number of fused-ring (bicyclic) bond motifs is 4. The molecule has 6 atom stereocenters. The van der Waals surface area contributed by atoms with Gasteiger partial charge in [0.2, 0.25) is 0 Å². The van der Waals surface area contributed by atoms with Crippen LogP contribution in [-0.2, 0) is 14.3 Å². The van der Waals surface area contributed by atoms with Crippen LogP contribution >= 0.6 is 0 Å². The van der Waals surface area contributed by atoms with E-state index in [1.807, 2.05) is 0 Å². The third-order valence-electron chi connectivity index (χ3n) is 9.29. The molecule has 0 aromatic carbocycles. The standard InChI is InChI=1S/C12H22O3S.C11H20O/c1-12(2)10-5-4-9(11(12)8-10)6-7-15-16(3,13)14;1-11(2)9-4-3-8(5-6-12)10(11)7-9/h9-11H,4-8H2,1-3H3;8-10,12H,3-7H2,1-2H3. The maximum absolute atomic E-state index is 10.9. The molecule has 6 aliphatic carbocycles. The topological polar surface area (TPSA) is 63.6 Å². The summed E-state index contributed by atoms with van der Waals surface area (Å²) in [5.41, 5.74) is 1.08. The van der Waals surface area contributed by atoms with Gasteiger partial charge in [-0.15, -0.1) is 0 Å². The average molecular weight is 415 g/mol. The normalized spacial score (nSPS) is 39.8. The van der Waals surface area contributed by atoms with Crippen molar-refractivity contribution in [2.24, 2.45) is 46.3 Å². The molecular weight excluding hydrogens is 372 g/mol. The molecule has 5 heteroatoms. The summed E-state index contributed by atoms with van der Waals surface area (Å²) in [7, 11) is -3.26. The molecule has 4 bridgehead atoms. The molecule has 6 saturated carbocycles. The van der Waals surface area contributed by atoms with E-state index in [1.54, 1.807) is 0 Å². The predicted octanol–water partition coefficient (Wildman–Crippen LogP) is 4.87. The minimum absolute atomic E-state index is 0.362. The molecule has 0 aromatic heterocycles. The van der Waals surface area contributed by atoms with Gasteiger partial charge in [0.05, 0.1) is 12.9 Å². The van der Waals surface area contributed by atoms with Gasteiger partial charge in [-0.05, 0) is 97.7 Å². The van der Waals surface area contributed by atoms with Gasteiger partial charge in [-0.1, -0.05) is 27.7 Å². The summed E-state index contributed by atoms with van der Waals surface area (Å²) in [6, 6.07) is 0. The first-order chi connectivity index (χ1) is 13.0. The lowest BCUT2D eigenvalue weighted by Gasteiger charge is -2.60. The molecule has 0 aromatic rings. The molecule has 164 valence electrons. The highest BCUT2D eigenvalue weighted by atomic mass is 32.2. The van der Waals surface area contributed by atoms with Crippen LogP contribution in [0.3, 0.4) is 0 Å². The van der Waals surface area contributed by atoms with E-state index in [0.717, 1.165) is 48.7 Å². The quantitative estimate of drug-likeness (QED) is 0.630. The van der Waals surface area contributed by atoms with Crippen LogP contribution in [0.25, 0.3) is 0 Å². The van der Waals surface area contributed by atoms with Crippen molar-refractivity contribution in [2.45, 2.75) is 79.1 Å². The molecule has 6 fully saturated rings. The van der Waals surface area contributed by atoms with Gasteiger partial charge >= 0.3 is 0 Å². The zero-order chi connectivity index (χ0) is 20.7. The predicted molar refractivity (Wildman–Crippen MR) is 113 cm³/mol. The Morgan fingerprint density at radius 2 is 1.32 bits per heavy atom. The van der Waals surface area contributed by atoms with E-state index >= 15 is 0 Å². The van der Waals surface area contributed by atoms with Gasteiger partial charge in [-0.2, -0.15) is 8.42 Å². The zero-order valence-corrected chi connectivity index (χ0v) is 19.4. The van der Waals surface area contributed by atoms with Gasteiger partial charge in [0.25, 0.3) is 10.1 Å². The second kappa shape index (κ2) is 8.19. The summed E-state index contributed by atoms with van der Waals surface area (Å²) in [4.78, 5) is 0. The van der Waals surface area contributed by atoms with Crippen LogP contribution in [0.5, 0.6) is 0 Å². The van der Waals surface area contributed by atoms with Crippen molar-refractivity contribution in [3.05, 3.63) is 0 Å². The zero-order valence-electron chi connectivity index (χ0n) is 18.6. The molecule has 0 aliphatic heterocycles. The fourth-order valence-electron chi connectivity index (χ4n) is 7.13. The summed E-state index contributed by atoms with van der Waals surface area (Å²) >= 11 is 0. The number of aliphatic hydroxyl groups excluding tert-OH is 1. The van der Waals surface area contributed by atoms with Gasteiger partial charge in [0.15, 0.2) is 0 Å². The molecule has 4 nitrogen and oxygen atoms in total. The van der Waals surface area contributed by atoms with Crippen LogP contribution < -0.4 is 0 Å². The molecule has 6 unspecified atom stereocenters. The number of hydrogen-bond acceptors (Lipinski definition) is 4. The molecule has 6 aliphatic rings. The first kappa shape index (κ1) is 22.6. The highest BCUT2D eigenvalue weighted by Gasteiger charge is 2.54. The monoisotopic (exact) mass is 414 g/mol. The van der Waals surface area contributed by atoms with E-state index in [1.165, 1.54) is 38.5 Å². The SMILES string of the molecule is CC1(C)C2CCC(CCO)C1C2.CC1(C)C2CCC(CCOS(C)(=O)=O)C1C2. The number of rotatable bonds is 6. The lowest BCUT2D eigenvalue weighted by Crippen LogP contribution is -2.52. The Morgan fingerprint density at radius 3 is 1.68 bits per heavy atom. The Bertz CT molecular complexity index is 633. The van der Waals surface area contributed by atoms with Gasteiger partial charge in [0.1, 0.15) is 0 Å². The number of hydrogen-bond donors (Lipinski definition) is 1. The molecule has 1 N–H and O–H groups in total. The van der Waals surface area contributed by atoms with Crippen molar-refractivity contribution >= 4 is 10.1 Å². The van der Waals surface area contributed by atoms with Crippen LogP contribution in [-0.4, -0.2) is 33.0 Å². The minimum Gasteiger partial charge on any atom is -0.396 e. The maximum atomic E-state index is 10.9. The fourth-order valence-corrected chi connectivity index (χ4v) is 7.53. The molecule has 0 amide bonds. The first-order valence-corrected chi connectivity index (χ1v) is 13.2. The molecule has 0 saturated heterocycles. The second-order valence-corrected chi connectivity index (χ2v) is 12.9. The van der Waals surface area contributed by atoms with Gasteiger partial charge < -0.3 is 5.11 Å². The largest absolute Gasteiger partial charge is 0.396 e. The van der Waals surface area contributed by atoms with E-state index in [2.05, 4.69) is 27.7 Å². The fraction of sp³-hybridized carbons (Fsp3) is 1.00. The maximum Gasteiger partial charge on any atom is 0.264 e. The summed E-state index contributed by atoms with van der Waals surface area (Å²) in [6.07, 6.45) is 11.2. The molecule has 6 rings (SSSR count). The van der Waals surface area contributed by atoms with Crippen LogP contribution in [0.4, 0.5) is 0 Å². The van der Waals surface area contributed by atoms with E-state index in [0.29, 0.717) is 30.0 Å². The summed E-state index contributed by atoms with van der Waals surface area (Å²) in [6.45, 7) is 10.3. The third kappa shape index (κ3) is 4.46. The van der Waals surface area contributed by atoms with Crippen LogP contribution in [0.2, 0.25) is 0 Å². The highest BCUT2D eigenvalue weighted by molar-refractivity contribution is 7.85. The van der Waals surface area contributed by atoms with Crippen molar-refractivity contribution in [1.29, 1.82) is 0 Å². The minimum atomic E-state index is -3.26. The Labute approximate surface area is 172 Å². The van der Waals surface area contributed by atoms with Crippen LogP contribution in [0.15, 0.2) is 0 Å². The highest BCUT2D eigenvalue weighted by Crippen LogP contribution is 2.62. The molecule has 0 spiro atoms. The van der Waals surface area contributed by atoms with Gasteiger partial charge in [-0.3, -0.25) is 4.18 Å². The molecule has 0 radical (unpaired) electrons. The smallest absolute Gasteiger partial charge is 0.264 e. The van der Waals surface area contributed by atoms with E-state index < -0.39 is 10.1 Å². The Kier molecular flexibility index (Phi) is 6.59. The third-order valence-corrected chi connectivity index (χ3v) is 9.88. The number of aliphatic hydroxyl groups is 1. The van der Waals surface area contributed by atoms with E-state index in [9.17, 15) is 8.42 Å². The molecule has 28 heavy (non-hydrogen) atoms. The summed E-state index contributed by atoms with van der Waals surface area (Å²) < 4.78 is 26.6. The molecular formula is C23H42O4S. The van der Waals surface area contributed by atoms with Crippen LogP contribution in [0, 0.1) is 46.3 Å². The molecule has 0 heterocycles. The van der Waals surface area contributed by atoms with E-state index in [-0.39, 0.29) is 0 Å². The van der Waals surface area contributed by atoms with Gasteiger partial charge in [-0.25, -0.2) is 0 Å². The lowest BCUT2D eigenvalue weighted by atomic mass is 9.45. The van der Waals surface area contributed by atoms with Crippen molar-refractivity contribution in [1.82, 2.24) is 0 Å². The van der Waals surface area contributed by atoms with Crippen LogP contribution in [0.1, 0.15) is 79.1 Å². The van der Waals surface area contributed by atoms with Gasteiger partial charge in [0, 0.05) is 6.61 Å².